The summed E-state index contributed by atoms with van der Waals surface area (Å²) in [6, 6.07) is 2.14. The maximum atomic E-state index is 14.3. The highest BCUT2D eigenvalue weighted by Gasteiger charge is 2.72. The van der Waals surface area contributed by atoms with Gasteiger partial charge in [0.15, 0.2) is 17.2 Å². The predicted octanol–water partition coefficient (Wildman–Crippen LogP) is 5.18. The number of rotatable bonds is 2. The molecule has 0 unspecified atom stereocenters. The molecule has 3 aliphatic rings. The molecule has 3 N–H and O–H groups in total. The zero-order valence-corrected chi connectivity index (χ0v) is 22.2. The van der Waals surface area contributed by atoms with E-state index in [1.54, 1.807) is 20.8 Å². The van der Waals surface area contributed by atoms with Crippen LogP contribution in [0, 0.1) is 11.3 Å². The number of fused-ring (bicyclic) bond motifs is 2. The molecule has 1 aliphatic heterocycles. The van der Waals surface area contributed by atoms with Crippen LogP contribution in [0.15, 0.2) is 12.1 Å². The summed E-state index contributed by atoms with van der Waals surface area (Å²) in [5, 5.41) is 31.0. The molecule has 188 valence electrons. The van der Waals surface area contributed by atoms with Gasteiger partial charge in [-0.05, 0) is 63.9 Å². The molecule has 1 saturated heterocycles. The lowest BCUT2D eigenvalue weighted by Crippen LogP contribution is -2.74. The van der Waals surface area contributed by atoms with Crippen molar-refractivity contribution in [1.82, 2.24) is 0 Å². The highest BCUT2D eigenvalue weighted by Crippen LogP contribution is 2.61. The average molecular weight is 534 g/mol. The summed E-state index contributed by atoms with van der Waals surface area (Å²) >= 11 is 20.4. The first-order valence-corrected chi connectivity index (χ1v) is 12.7. The number of alkyl halides is 3. The van der Waals surface area contributed by atoms with Crippen molar-refractivity contribution in [1.29, 1.82) is 0 Å². The Morgan fingerprint density at radius 1 is 1.03 bits per heavy atom. The molecule has 2 fully saturated rings. The summed E-state index contributed by atoms with van der Waals surface area (Å²) in [4.78, 5) is 26.2. The van der Waals surface area contributed by atoms with Gasteiger partial charge in [0.1, 0.15) is 16.4 Å². The van der Waals surface area contributed by atoms with Gasteiger partial charge in [-0.25, -0.2) is 0 Å². The number of aromatic hydroxyl groups is 2. The lowest BCUT2D eigenvalue weighted by atomic mass is 9.54. The van der Waals surface area contributed by atoms with Crippen LogP contribution in [0.25, 0.3) is 0 Å². The van der Waals surface area contributed by atoms with Gasteiger partial charge in [0.05, 0.1) is 22.1 Å². The number of carbonyl (C=O) groups excluding carboxylic acids is 2. The van der Waals surface area contributed by atoms with E-state index in [0.717, 1.165) is 12.1 Å². The molecular formula is C25H31Cl3O6. The Hall–Kier alpha value is -1.05. The molecule has 0 amide bonds. The van der Waals surface area contributed by atoms with Crippen molar-refractivity contribution < 1.29 is 29.6 Å². The first kappa shape index (κ1) is 26.0. The lowest BCUT2D eigenvalue weighted by molar-refractivity contribution is -0.189. The second-order valence-corrected chi connectivity index (χ2v) is 13.2. The molecule has 34 heavy (non-hydrogen) atoms. The summed E-state index contributed by atoms with van der Waals surface area (Å²) < 4.78 is 6.47. The average Bonchev–Trinajstić information content (AvgIpc) is 2.70. The van der Waals surface area contributed by atoms with Crippen molar-refractivity contribution in [3.05, 3.63) is 23.3 Å². The van der Waals surface area contributed by atoms with Gasteiger partial charge in [-0.15, -0.1) is 34.8 Å². The lowest BCUT2D eigenvalue weighted by Gasteiger charge is -2.60. The summed E-state index contributed by atoms with van der Waals surface area (Å²) in [6.45, 7) is 9.01. The normalized spacial score (nSPS) is 41.0. The van der Waals surface area contributed by atoms with Crippen LogP contribution < -0.4 is 0 Å². The number of Topliss-reactive ketones (excluding diaryl/α,β-unsaturated/α-hetero) is 2. The minimum absolute atomic E-state index is 0.0901. The second kappa shape index (κ2) is 7.72. The van der Waals surface area contributed by atoms with Crippen LogP contribution in [0.1, 0.15) is 81.0 Å². The van der Waals surface area contributed by atoms with Crippen molar-refractivity contribution in [2.45, 2.75) is 92.7 Å². The van der Waals surface area contributed by atoms with E-state index in [4.69, 9.17) is 39.5 Å². The maximum absolute atomic E-state index is 14.3. The number of hydrogen-bond donors (Lipinski definition) is 3. The monoisotopic (exact) mass is 532 g/mol. The molecular weight excluding hydrogens is 503 g/mol. The molecule has 4 rings (SSSR count). The first-order valence-electron chi connectivity index (χ1n) is 11.5. The number of aliphatic hydroxyl groups is 1. The number of benzene rings is 1. The quantitative estimate of drug-likeness (QED) is 0.452. The number of phenolic OH excluding ortho intramolecular Hbond substituents is 2. The van der Waals surface area contributed by atoms with Gasteiger partial charge < -0.3 is 20.1 Å². The van der Waals surface area contributed by atoms with E-state index < -0.39 is 55.7 Å². The van der Waals surface area contributed by atoms with Gasteiger partial charge in [0.2, 0.25) is 0 Å². The van der Waals surface area contributed by atoms with Crippen LogP contribution in [-0.2, 0) is 4.74 Å². The fourth-order valence-corrected chi connectivity index (χ4v) is 7.32. The molecule has 1 aromatic rings. The Kier molecular flexibility index (Phi) is 5.91. The molecule has 0 radical (unpaired) electrons. The Morgan fingerprint density at radius 3 is 2.26 bits per heavy atom. The van der Waals surface area contributed by atoms with E-state index in [1.807, 2.05) is 13.8 Å². The molecule has 1 heterocycles. The summed E-state index contributed by atoms with van der Waals surface area (Å²) in [6.07, 6.45) is 0.813. The topological polar surface area (TPSA) is 104 Å². The van der Waals surface area contributed by atoms with E-state index in [-0.39, 0.29) is 35.1 Å². The van der Waals surface area contributed by atoms with E-state index in [9.17, 15) is 24.9 Å². The molecule has 0 aromatic heterocycles. The first-order chi connectivity index (χ1) is 15.4. The number of hydrogen-bond acceptors (Lipinski definition) is 6. The number of ether oxygens (including phenoxy) is 1. The number of halogens is 3. The van der Waals surface area contributed by atoms with E-state index in [1.165, 1.54) is 0 Å². The third-order valence-corrected chi connectivity index (χ3v) is 10.5. The fraction of sp³-hybridized carbons (Fsp3) is 0.680. The van der Waals surface area contributed by atoms with Gasteiger partial charge in [0.25, 0.3) is 0 Å². The van der Waals surface area contributed by atoms with Crippen molar-refractivity contribution in [3.8, 4) is 11.5 Å². The van der Waals surface area contributed by atoms with Crippen molar-refractivity contribution in [2.24, 2.45) is 11.3 Å². The molecule has 0 bridgehead atoms. The standard InChI is InChI=1S/C25H31Cl3O6/c1-21(2)15(23(5,33)7-6-16(21)26)10-25-19(31)13-8-12(29)9-14(30)18(13)20(32)24(25,28)11-17(27)22(3,4)34-25/h8-9,15-17,29-30,33H,6-7,10-11H2,1-5H3/t15-,16-,17-,23+,24-,25+/m1/s1. The SMILES string of the molecule is CC1(C)O[C@@]2(C[C@@H]3C(C)(C)[C@H](Cl)CC[C@]3(C)O)C(=O)c3cc(O)cc(O)c3C(=O)[C@]2(Cl)C[C@H]1Cl. The van der Waals surface area contributed by atoms with E-state index >= 15 is 0 Å². The predicted molar refractivity (Wildman–Crippen MR) is 131 cm³/mol. The second-order valence-electron chi connectivity index (χ2n) is 11.5. The molecule has 6 atom stereocenters. The van der Waals surface area contributed by atoms with Crippen molar-refractivity contribution in [2.75, 3.05) is 0 Å². The minimum atomic E-state index is -1.93. The van der Waals surface area contributed by atoms with Crippen LogP contribution in [0.3, 0.4) is 0 Å². The highest BCUT2D eigenvalue weighted by atomic mass is 35.5. The van der Waals surface area contributed by atoms with Gasteiger partial charge >= 0.3 is 0 Å². The van der Waals surface area contributed by atoms with Crippen LogP contribution in [0.2, 0.25) is 0 Å². The fourth-order valence-electron chi connectivity index (χ4n) is 6.25. The van der Waals surface area contributed by atoms with E-state index in [2.05, 4.69) is 0 Å². The Morgan fingerprint density at radius 2 is 1.65 bits per heavy atom. The molecule has 1 aromatic carbocycles. The third-order valence-electron chi connectivity index (χ3n) is 8.44. The largest absolute Gasteiger partial charge is 0.508 e. The molecule has 0 spiro atoms. The van der Waals surface area contributed by atoms with Gasteiger partial charge in [0, 0.05) is 17.0 Å². The zero-order chi connectivity index (χ0) is 25.6. The van der Waals surface area contributed by atoms with Crippen molar-refractivity contribution >= 4 is 46.4 Å². The molecule has 9 heteroatoms. The highest BCUT2D eigenvalue weighted by molar-refractivity contribution is 6.45. The Labute approximate surface area is 214 Å². The number of phenols is 2. The summed E-state index contributed by atoms with van der Waals surface area (Å²) in [5.74, 6) is -2.81. The van der Waals surface area contributed by atoms with Gasteiger partial charge in [-0.1, -0.05) is 13.8 Å². The smallest absolute Gasteiger partial charge is 0.197 e. The molecule has 2 aliphatic carbocycles. The molecule has 6 nitrogen and oxygen atoms in total. The van der Waals surface area contributed by atoms with Gasteiger partial charge in [-0.2, -0.15) is 0 Å². The van der Waals surface area contributed by atoms with E-state index in [0.29, 0.717) is 12.8 Å². The number of ketones is 2. The van der Waals surface area contributed by atoms with Crippen molar-refractivity contribution in [3.63, 3.8) is 0 Å². The Bertz CT molecular complexity index is 1070. The minimum Gasteiger partial charge on any atom is -0.508 e. The van der Waals surface area contributed by atoms with Crippen LogP contribution >= 0.6 is 34.8 Å². The summed E-state index contributed by atoms with van der Waals surface area (Å²) in [7, 11) is 0. The maximum Gasteiger partial charge on any atom is 0.197 e. The number of carbonyl (C=O) groups is 2. The van der Waals surface area contributed by atoms with Gasteiger partial charge in [-0.3, -0.25) is 9.59 Å². The zero-order valence-electron chi connectivity index (χ0n) is 19.9. The van der Waals surface area contributed by atoms with Crippen LogP contribution in [-0.4, -0.2) is 59.3 Å². The van der Waals surface area contributed by atoms with Crippen LogP contribution in [0.4, 0.5) is 0 Å². The Balaban J connectivity index is 1.99. The summed E-state index contributed by atoms with van der Waals surface area (Å²) in [5.41, 5.74) is -5.22. The third kappa shape index (κ3) is 3.43. The van der Waals surface area contributed by atoms with Crippen LogP contribution in [0.5, 0.6) is 11.5 Å². The molecule has 1 saturated carbocycles.